The van der Waals surface area contributed by atoms with Crippen molar-refractivity contribution in [3.05, 3.63) is 29.5 Å². The Kier molecular flexibility index (Phi) is 2.48. The van der Waals surface area contributed by atoms with E-state index in [2.05, 4.69) is 6.07 Å². The molecule has 0 bridgehead atoms. The molecule has 0 fully saturated rings. The molecule has 0 aliphatic heterocycles. The van der Waals surface area contributed by atoms with E-state index in [4.69, 9.17) is 5.26 Å². The van der Waals surface area contributed by atoms with Crippen molar-refractivity contribution in [1.82, 2.24) is 4.57 Å². The lowest BCUT2D eigenvalue weighted by molar-refractivity contribution is 0.602. The largest absolute Gasteiger partial charge is 0.347 e. The topological polar surface area (TPSA) is 62.9 Å². The van der Waals surface area contributed by atoms with Gasteiger partial charge in [-0.25, -0.2) is 8.42 Å². The highest BCUT2D eigenvalue weighted by Gasteiger charge is 2.14. The third kappa shape index (κ3) is 1.71. The maximum Gasteiger partial charge on any atom is 0.175 e. The van der Waals surface area contributed by atoms with Crippen molar-refractivity contribution in [2.24, 2.45) is 7.05 Å². The summed E-state index contributed by atoms with van der Waals surface area (Å²) < 4.78 is 24.8. The fourth-order valence-corrected chi connectivity index (χ4v) is 2.57. The molecule has 4 nitrogen and oxygen atoms in total. The minimum atomic E-state index is -3.24. The Morgan fingerprint density at radius 3 is 2.53 bits per heavy atom. The monoisotopic (exact) mass is 248 g/mol. The number of aryl methyl sites for hydroxylation is 1. The molecule has 17 heavy (non-hydrogen) atoms. The molecule has 0 amide bonds. The molecule has 88 valence electrons. The number of hydrogen-bond acceptors (Lipinski definition) is 3. The molecule has 0 unspecified atom stereocenters. The number of fused-ring (bicyclic) bond motifs is 1. The van der Waals surface area contributed by atoms with Crippen LogP contribution in [-0.2, 0) is 16.9 Å². The van der Waals surface area contributed by atoms with Gasteiger partial charge in [0.2, 0.25) is 0 Å². The van der Waals surface area contributed by atoms with Crippen LogP contribution in [0.3, 0.4) is 0 Å². The quantitative estimate of drug-likeness (QED) is 0.772. The Balaban J connectivity index is 2.93. The number of rotatable bonds is 1. The van der Waals surface area contributed by atoms with E-state index < -0.39 is 9.84 Å². The summed E-state index contributed by atoms with van der Waals surface area (Å²) in [6.07, 6.45) is 1.16. The highest BCUT2D eigenvalue weighted by molar-refractivity contribution is 7.90. The molecule has 5 heteroatoms. The van der Waals surface area contributed by atoms with Crippen LogP contribution < -0.4 is 0 Å². The molecule has 0 aliphatic rings. The van der Waals surface area contributed by atoms with Crippen molar-refractivity contribution in [3.63, 3.8) is 0 Å². The molecule has 0 saturated carbocycles. The molecule has 1 aromatic heterocycles. The van der Waals surface area contributed by atoms with Crippen LogP contribution in [0.1, 0.15) is 11.3 Å². The van der Waals surface area contributed by atoms with Gasteiger partial charge in [-0.1, -0.05) is 0 Å². The van der Waals surface area contributed by atoms with Crippen LogP contribution in [0.15, 0.2) is 23.1 Å². The summed E-state index contributed by atoms with van der Waals surface area (Å²) in [5.41, 5.74) is 2.24. The SMILES string of the molecule is Cc1c(C#N)c2cc(S(C)(=O)=O)ccc2n1C. The van der Waals surface area contributed by atoms with Gasteiger partial charge in [-0.2, -0.15) is 5.26 Å². The second kappa shape index (κ2) is 3.60. The number of hydrogen-bond donors (Lipinski definition) is 0. The van der Waals surface area contributed by atoms with Gasteiger partial charge in [0.1, 0.15) is 6.07 Å². The zero-order valence-corrected chi connectivity index (χ0v) is 10.7. The zero-order valence-electron chi connectivity index (χ0n) is 9.85. The molecular weight excluding hydrogens is 236 g/mol. The van der Waals surface area contributed by atoms with Crippen molar-refractivity contribution in [3.8, 4) is 6.07 Å². The second-order valence-corrected chi connectivity index (χ2v) is 6.10. The summed E-state index contributed by atoms with van der Waals surface area (Å²) in [6.45, 7) is 1.85. The highest BCUT2D eigenvalue weighted by Crippen LogP contribution is 2.26. The van der Waals surface area contributed by atoms with Crippen molar-refractivity contribution >= 4 is 20.7 Å². The molecule has 1 heterocycles. The summed E-state index contributed by atoms with van der Waals surface area (Å²) in [6, 6.07) is 6.99. The van der Waals surface area contributed by atoms with Gasteiger partial charge in [-0.05, 0) is 25.1 Å². The van der Waals surface area contributed by atoms with Gasteiger partial charge in [0, 0.05) is 29.9 Å². The van der Waals surface area contributed by atoms with Gasteiger partial charge in [0.25, 0.3) is 0 Å². The Hall–Kier alpha value is -1.80. The molecule has 0 spiro atoms. The Bertz CT molecular complexity index is 749. The first-order valence-corrected chi connectivity index (χ1v) is 6.94. The van der Waals surface area contributed by atoms with Gasteiger partial charge >= 0.3 is 0 Å². The highest BCUT2D eigenvalue weighted by atomic mass is 32.2. The van der Waals surface area contributed by atoms with Crippen molar-refractivity contribution in [2.45, 2.75) is 11.8 Å². The predicted molar refractivity (Wildman–Crippen MR) is 65.5 cm³/mol. The van der Waals surface area contributed by atoms with E-state index in [0.717, 1.165) is 17.5 Å². The Morgan fingerprint density at radius 1 is 1.35 bits per heavy atom. The van der Waals surface area contributed by atoms with E-state index in [1.165, 1.54) is 0 Å². The molecule has 2 aromatic rings. The molecule has 0 saturated heterocycles. The molecule has 0 radical (unpaired) electrons. The standard InChI is InChI=1S/C12H12N2O2S/c1-8-11(7-13)10-6-9(17(3,15)16)4-5-12(10)14(8)2/h4-6H,1-3H3. The minimum Gasteiger partial charge on any atom is -0.347 e. The van der Waals surface area contributed by atoms with Crippen molar-refractivity contribution < 1.29 is 8.42 Å². The maximum atomic E-state index is 11.5. The average Bonchev–Trinajstić information content (AvgIpc) is 2.50. The summed E-state index contributed by atoms with van der Waals surface area (Å²) in [7, 11) is -1.38. The van der Waals surface area contributed by atoms with E-state index in [9.17, 15) is 8.42 Å². The first-order valence-electron chi connectivity index (χ1n) is 5.05. The smallest absolute Gasteiger partial charge is 0.175 e. The first kappa shape index (κ1) is 11.7. The fraction of sp³-hybridized carbons (Fsp3) is 0.250. The van der Waals surface area contributed by atoms with Crippen LogP contribution in [0, 0.1) is 18.3 Å². The maximum absolute atomic E-state index is 11.5. The number of sulfone groups is 1. The van der Waals surface area contributed by atoms with Gasteiger partial charge in [0.15, 0.2) is 9.84 Å². The number of benzene rings is 1. The third-order valence-electron chi connectivity index (χ3n) is 3.00. The zero-order chi connectivity index (χ0) is 12.8. The van der Waals surface area contributed by atoms with E-state index in [0.29, 0.717) is 10.9 Å². The molecule has 1 aromatic carbocycles. The molecule has 0 aliphatic carbocycles. The van der Waals surface area contributed by atoms with Gasteiger partial charge in [0.05, 0.1) is 10.5 Å². The summed E-state index contributed by atoms with van der Waals surface area (Å²) in [5, 5.41) is 9.80. The number of aromatic nitrogens is 1. The molecular formula is C12H12N2O2S. The first-order chi connectivity index (χ1) is 7.86. The van der Waals surface area contributed by atoms with Crippen LogP contribution >= 0.6 is 0 Å². The van der Waals surface area contributed by atoms with Gasteiger partial charge in [-0.15, -0.1) is 0 Å². The van der Waals surface area contributed by atoms with E-state index in [1.807, 2.05) is 18.5 Å². The van der Waals surface area contributed by atoms with Crippen LogP contribution in [-0.4, -0.2) is 19.2 Å². The summed E-state index contributed by atoms with van der Waals surface area (Å²) in [4.78, 5) is 0.243. The van der Waals surface area contributed by atoms with Crippen LogP contribution in [0.25, 0.3) is 10.9 Å². The minimum absolute atomic E-state index is 0.243. The van der Waals surface area contributed by atoms with Crippen LogP contribution in [0.4, 0.5) is 0 Å². The van der Waals surface area contributed by atoms with Crippen LogP contribution in [0.5, 0.6) is 0 Å². The van der Waals surface area contributed by atoms with E-state index >= 15 is 0 Å². The van der Waals surface area contributed by atoms with Crippen molar-refractivity contribution in [1.29, 1.82) is 5.26 Å². The third-order valence-corrected chi connectivity index (χ3v) is 4.11. The van der Waals surface area contributed by atoms with Crippen molar-refractivity contribution in [2.75, 3.05) is 6.26 Å². The summed E-state index contributed by atoms with van der Waals surface area (Å²) >= 11 is 0. The van der Waals surface area contributed by atoms with Gasteiger partial charge in [-0.3, -0.25) is 0 Å². The fourth-order valence-electron chi connectivity index (χ4n) is 1.92. The lowest BCUT2D eigenvalue weighted by Crippen LogP contribution is -1.96. The normalized spacial score (nSPS) is 11.6. The Morgan fingerprint density at radius 2 is 2.00 bits per heavy atom. The molecule has 0 N–H and O–H groups in total. The lowest BCUT2D eigenvalue weighted by Gasteiger charge is -2.00. The molecule has 2 rings (SSSR count). The Labute approximate surface area is 100 Å². The molecule has 0 atom stereocenters. The van der Waals surface area contributed by atoms with E-state index in [-0.39, 0.29) is 4.90 Å². The predicted octanol–water partition coefficient (Wildman–Crippen LogP) is 1.76. The van der Waals surface area contributed by atoms with E-state index in [1.54, 1.807) is 18.2 Å². The average molecular weight is 248 g/mol. The second-order valence-electron chi connectivity index (χ2n) is 4.08. The summed E-state index contributed by atoms with van der Waals surface area (Å²) in [5.74, 6) is 0. The number of nitrogens with zero attached hydrogens (tertiary/aromatic N) is 2. The lowest BCUT2D eigenvalue weighted by atomic mass is 10.1. The number of nitriles is 1. The van der Waals surface area contributed by atoms with Crippen LogP contribution in [0.2, 0.25) is 0 Å². The van der Waals surface area contributed by atoms with Gasteiger partial charge < -0.3 is 4.57 Å².